The van der Waals surface area contributed by atoms with Crippen LogP contribution in [0.4, 0.5) is 0 Å². The molecule has 0 saturated carbocycles. The van der Waals surface area contributed by atoms with Crippen molar-refractivity contribution in [2.75, 3.05) is 0 Å². The minimum Gasteiger partial charge on any atom is -0.258 e. The summed E-state index contributed by atoms with van der Waals surface area (Å²) >= 11 is 0. The smallest absolute Gasteiger partial charge is 0.0460 e. The van der Waals surface area contributed by atoms with Crippen molar-refractivity contribution in [3.05, 3.63) is 65.4 Å². The number of hydrogen-bond acceptors (Lipinski definition) is 1. The molecule has 0 aromatic heterocycles. The van der Waals surface area contributed by atoms with E-state index in [2.05, 4.69) is 60.7 Å². The van der Waals surface area contributed by atoms with E-state index in [-0.39, 0.29) is 0 Å². The molecule has 0 bridgehead atoms. The Bertz CT molecular complexity index is 688. The molecule has 0 heterocycles. The zero-order valence-electron chi connectivity index (χ0n) is 12.3. The van der Waals surface area contributed by atoms with Gasteiger partial charge in [-0.15, -0.1) is 0 Å². The van der Waals surface area contributed by atoms with Crippen LogP contribution in [0.5, 0.6) is 0 Å². The third-order valence-electron chi connectivity index (χ3n) is 3.15. The molecule has 0 N–H and O–H groups in total. The second kappa shape index (κ2) is 6.21. The summed E-state index contributed by atoms with van der Waals surface area (Å²) in [5.74, 6) is 6.49. The fraction of sp³-hybridized carbons (Fsp3) is 0.211. The molecular formula is C19H19N. The third-order valence-corrected chi connectivity index (χ3v) is 3.15. The van der Waals surface area contributed by atoms with Crippen LogP contribution in [0.15, 0.2) is 59.3 Å². The summed E-state index contributed by atoms with van der Waals surface area (Å²) in [5.41, 5.74) is 6.32. The van der Waals surface area contributed by atoms with Gasteiger partial charge in [-0.25, -0.2) is 0 Å². The molecule has 0 unspecified atom stereocenters. The number of allylic oxidation sites excluding steroid dienone is 5. The van der Waals surface area contributed by atoms with Crippen LogP contribution in [-0.4, -0.2) is 5.71 Å². The maximum absolute atomic E-state index is 4.49. The Labute approximate surface area is 121 Å². The fourth-order valence-electron chi connectivity index (χ4n) is 2.24. The van der Waals surface area contributed by atoms with Gasteiger partial charge in [-0.3, -0.25) is 4.99 Å². The average molecular weight is 261 g/mol. The third kappa shape index (κ3) is 3.16. The quantitative estimate of drug-likeness (QED) is 0.552. The van der Waals surface area contributed by atoms with Crippen LogP contribution in [0, 0.1) is 18.8 Å². The molecule has 1 aromatic rings. The van der Waals surface area contributed by atoms with Crippen LogP contribution in [0.25, 0.3) is 5.57 Å². The van der Waals surface area contributed by atoms with Crippen molar-refractivity contribution < 1.29 is 0 Å². The lowest BCUT2D eigenvalue weighted by Crippen LogP contribution is -2.00. The molecule has 1 aliphatic rings. The van der Waals surface area contributed by atoms with E-state index in [1.54, 1.807) is 0 Å². The van der Waals surface area contributed by atoms with Gasteiger partial charge < -0.3 is 0 Å². The van der Waals surface area contributed by atoms with E-state index in [9.17, 15) is 0 Å². The van der Waals surface area contributed by atoms with E-state index in [1.807, 2.05) is 19.9 Å². The van der Waals surface area contributed by atoms with E-state index < -0.39 is 0 Å². The summed E-state index contributed by atoms with van der Waals surface area (Å²) in [6.45, 7) is 9.89. The molecule has 100 valence electrons. The van der Waals surface area contributed by atoms with Crippen molar-refractivity contribution in [2.45, 2.75) is 27.2 Å². The highest BCUT2D eigenvalue weighted by Gasteiger charge is 2.11. The number of benzene rings is 1. The molecule has 0 spiro atoms. The van der Waals surface area contributed by atoms with Gasteiger partial charge in [0, 0.05) is 29.0 Å². The Morgan fingerprint density at radius 2 is 2.00 bits per heavy atom. The standard InChI is InChI=1S/C19H19N/c1-14(2)20-16(4)18-12-6-5-7-13-19(18)17-11-9-8-10-15(17)3/h6,8-12H,1,5H2,2-4H3. The molecule has 2 rings (SSSR count). The van der Waals surface area contributed by atoms with Gasteiger partial charge in [0.1, 0.15) is 0 Å². The van der Waals surface area contributed by atoms with Crippen LogP contribution in [0.2, 0.25) is 0 Å². The average Bonchev–Trinajstić information content (AvgIpc) is 2.64. The normalized spacial score (nSPS) is 14.7. The molecule has 1 heteroatoms. The van der Waals surface area contributed by atoms with Gasteiger partial charge in [0.25, 0.3) is 0 Å². The van der Waals surface area contributed by atoms with Gasteiger partial charge in [-0.05, 0) is 31.9 Å². The molecule has 0 fully saturated rings. The van der Waals surface area contributed by atoms with E-state index in [1.165, 1.54) is 11.1 Å². The highest BCUT2D eigenvalue weighted by Crippen LogP contribution is 2.25. The number of hydrogen-bond donors (Lipinski definition) is 0. The van der Waals surface area contributed by atoms with Crippen LogP contribution in [-0.2, 0) is 0 Å². The van der Waals surface area contributed by atoms with Crippen LogP contribution < -0.4 is 0 Å². The summed E-state index contributed by atoms with van der Waals surface area (Å²) in [7, 11) is 0. The maximum atomic E-state index is 4.49. The van der Waals surface area contributed by atoms with Crippen molar-refractivity contribution in [1.29, 1.82) is 0 Å². The monoisotopic (exact) mass is 261 g/mol. The summed E-state index contributed by atoms with van der Waals surface area (Å²) in [4.78, 5) is 4.49. The van der Waals surface area contributed by atoms with Crippen LogP contribution >= 0.6 is 0 Å². The van der Waals surface area contributed by atoms with Gasteiger partial charge in [0.15, 0.2) is 0 Å². The van der Waals surface area contributed by atoms with Gasteiger partial charge >= 0.3 is 0 Å². The summed E-state index contributed by atoms with van der Waals surface area (Å²) < 4.78 is 0. The molecule has 0 saturated heterocycles. The van der Waals surface area contributed by atoms with Crippen molar-refractivity contribution in [1.82, 2.24) is 0 Å². The number of aryl methyl sites for hydroxylation is 1. The lowest BCUT2D eigenvalue weighted by molar-refractivity contribution is 1.31. The molecule has 1 nitrogen and oxygen atoms in total. The zero-order chi connectivity index (χ0) is 14.5. The minimum atomic E-state index is 0.777. The Morgan fingerprint density at radius 1 is 1.25 bits per heavy atom. The largest absolute Gasteiger partial charge is 0.258 e. The van der Waals surface area contributed by atoms with E-state index >= 15 is 0 Å². The zero-order valence-corrected chi connectivity index (χ0v) is 12.3. The van der Waals surface area contributed by atoms with Crippen LogP contribution in [0.1, 0.15) is 31.4 Å². The molecule has 0 radical (unpaired) electrons. The molecule has 0 aliphatic heterocycles. The van der Waals surface area contributed by atoms with Gasteiger partial charge in [-0.2, -0.15) is 0 Å². The lowest BCUT2D eigenvalue weighted by Gasteiger charge is -2.10. The van der Waals surface area contributed by atoms with E-state index in [0.717, 1.165) is 29.0 Å². The summed E-state index contributed by atoms with van der Waals surface area (Å²) in [6.07, 6.45) is 4.97. The first-order valence-electron chi connectivity index (χ1n) is 6.76. The Hall–Kier alpha value is -2.33. The van der Waals surface area contributed by atoms with Crippen LogP contribution in [0.3, 0.4) is 0 Å². The van der Waals surface area contributed by atoms with Gasteiger partial charge in [0.2, 0.25) is 0 Å². The minimum absolute atomic E-state index is 0.777. The predicted molar refractivity (Wildman–Crippen MR) is 87.6 cm³/mol. The van der Waals surface area contributed by atoms with Gasteiger partial charge in [-0.1, -0.05) is 54.8 Å². The van der Waals surface area contributed by atoms with Crippen molar-refractivity contribution in [3.63, 3.8) is 0 Å². The first-order chi connectivity index (χ1) is 9.59. The second-order valence-electron chi connectivity index (χ2n) is 4.94. The summed E-state index contributed by atoms with van der Waals surface area (Å²) in [5, 5.41) is 0. The van der Waals surface area contributed by atoms with Crippen molar-refractivity contribution in [3.8, 4) is 11.8 Å². The first kappa shape index (κ1) is 14.1. The highest BCUT2D eigenvalue weighted by molar-refractivity contribution is 6.10. The van der Waals surface area contributed by atoms with Crippen molar-refractivity contribution >= 4 is 11.3 Å². The highest BCUT2D eigenvalue weighted by atomic mass is 14.7. The maximum Gasteiger partial charge on any atom is 0.0460 e. The van der Waals surface area contributed by atoms with E-state index in [0.29, 0.717) is 0 Å². The van der Waals surface area contributed by atoms with E-state index in [4.69, 9.17) is 0 Å². The molecule has 0 atom stereocenters. The van der Waals surface area contributed by atoms with Gasteiger partial charge in [0.05, 0.1) is 0 Å². The lowest BCUT2D eigenvalue weighted by atomic mass is 9.94. The topological polar surface area (TPSA) is 12.4 Å². The molecule has 1 aromatic carbocycles. The Balaban J connectivity index is 2.66. The predicted octanol–water partition coefficient (Wildman–Crippen LogP) is 4.71. The SMILES string of the molecule is C=C(C)N=C(C)C1=C(c2ccccc2C)C#CCC=C1. The number of aliphatic imine (C=N–C) groups is 1. The summed E-state index contributed by atoms with van der Waals surface area (Å²) in [6, 6.07) is 8.33. The van der Waals surface area contributed by atoms with Crippen molar-refractivity contribution in [2.24, 2.45) is 4.99 Å². The number of rotatable bonds is 3. The Kier molecular flexibility index (Phi) is 4.38. The molecule has 20 heavy (non-hydrogen) atoms. The molecule has 1 aliphatic carbocycles. The number of nitrogens with zero attached hydrogens (tertiary/aromatic N) is 1. The Morgan fingerprint density at radius 3 is 2.70 bits per heavy atom. The molecular weight excluding hydrogens is 242 g/mol. The first-order valence-corrected chi connectivity index (χ1v) is 6.76. The molecule has 0 amide bonds. The fourth-order valence-corrected chi connectivity index (χ4v) is 2.24. The second-order valence-corrected chi connectivity index (χ2v) is 4.94.